The first-order chi connectivity index (χ1) is 26.3. The first-order valence-corrected chi connectivity index (χ1v) is 18.1. The maximum absolute atomic E-state index is 5.20. The van der Waals surface area contributed by atoms with Crippen LogP contribution >= 0.6 is 11.7 Å². The van der Waals surface area contributed by atoms with Crippen LogP contribution in [0.15, 0.2) is 170 Å². The molecule has 0 spiro atoms. The van der Waals surface area contributed by atoms with E-state index >= 15 is 0 Å². The third-order valence-electron chi connectivity index (χ3n) is 9.62. The summed E-state index contributed by atoms with van der Waals surface area (Å²) >= 11 is 1.20. The summed E-state index contributed by atoms with van der Waals surface area (Å²) in [5.41, 5.74) is 11.5. The van der Waals surface area contributed by atoms with Crippen molar-refractivity contribution < 1.29 is 0 Å². The highest BCUT2D eigenvalue weighted by Crippen LogP contribution is 2.41. The third kappa shape index (κ3) is 5.60. The fraction of sp³-hybridized carbons (Fsp3) is 0. The van der Waals surface area contributed by atoms with Gasteiger partial charge in [-0.2, -0.15) is 8.75 Å². The van der Waals surface area contributed by atoms with Gasteiger partial charge < -0.3 is 0 Å². The molecule has 0 aliphatic heterocycles. The van der Waals surface area contributed by atoms with E-state index in [-0.39, 0.29) is 0 Å². The van der Waals surface area contributed by atoms with Crippen molar-refractivity contribution >= 4 is 44.4 Å². The van der Waals surface area contributed by atoms with E-state index in [1.165, 1.54) is 11.7 Å². The fourth-order valence-electron chi connectivity index (χ4n) is 6.99. The molecule has 10 aromatic rings. The first kappa shape index (κ1) is 30.8. The van der Waals surface area contributed by atoms with Gasteiger partial charge in [-0.15, -0.1) is 0 Å². The zero-order valence-electron chi connectivity index (χ0n) is 28.3. The van der Waals surface area contributed by atoms with Crippen LogP contribution < -0.4 is 0 Å². The predicted octanol–water partition coefficient (Wildman–Crippen LogP) is 11.6. The van der Waals surface area contributed by atoms with Crippen LogP contribution in [0.3, 0.4) is 0 Å². The monoisotopic (exact) mass is 696 g/mol. The van der Waals surface area contributed by atoms with Crippen molar-refractivity contribution in [3.63, 3.8) is 0 Å². The van der Waals surface area contributed by atoms with Crippen molar-refractivity contribution in [3.05, 3.63) is 170 Å². The lowest BCUT2D eigenvalue weighted by atomic mass is 9.96. The van der Waals surface area contributed by atoms with Crippen molar-refractivity contribution in [2.45, 2.75) is 0 Å². The minimum atomic E-state index is 0.524. The van der Waals surface area contributed by atoms with Gasteiger partial charge in [-0.3, -0.25) is 0 Å². The topological polar surface area (TPSA) is 77.3 Å². The van der Waals surface area contributed by atoms with Crippen molar-refractivity contribution in [2.75, 3.05) is 0 Å². The molecule has 10 rings (SSSR count). The van der Waals surface area contributed by atoms with Crippen LogP contribution in [0, 0.1) is 0 Å². The third-order valence-corrected chi connectivity index (χ3v) is 10.2. The summed E-state index contributed by atoms with van der Waals surface area (Å²) in [5, 5.41) is 3.01. The predicted molar refractivity (Wildman–Crippen MR) is 216 cm³/mol. The molecule has 7 heteroatoms. The Labute approximate surface area is 309 Å². The number of hydrogen-bond acceptors (Lipinski definition) is 7. The second-order valence-electron chi connectivity index (χ2n) is 12.8. The highest BCUT2D eigenvalue weighted by molar-refractivity contribution is 7.00. The Kier molecular flexibility index (Phi) is 7.55. The lowest BCUT2D eigenvalue weighted by Gasteiger charge is -2.13. The Morgan fingerprint density at radius 1 is 0.340 bits per heavy atom. The van der Waals surface area contributed by atoms with E-state index in [0.29, 0.717) is 17.5 Å². The van der Waals surface area contributed by atoms with Crippen molar-refractivity contribution in [1.29, 1.82) is 0 Å². The molecule has 7 aromatic carbocycles. The van der Waals surface area contributed by atoms with Crippen LogP contribution in [-0.2, 0) is 0 Å². The Morgan fingerprint density at radius 3 is 1.38 bits per heavy atom. The second kappa shape index (κ2) is 13.0. The van der Waals surface area contributed by atoms with Gasteiger partial charge in [0.15, 0.2) is 17.5 Å². The summed E-state index contributed by atoms with van der Waals surface area (Å²) in [4.78, 5) is 20.6. The average molecular weight is 697 g/mol. The number of pyridine rings is 1. The van der Waals surface area contributed by atoms with E-state index in [2.05, 4.69) is 127 Å². The zero-order valence-corrected chi connectivity index (χ0v) is 29.1. The second-order valence-corrected chi connectivity index (χ2v) is 13.4. The standard InChI is InChI=1S/C46H28N6S/c1-4-12-29(13-5-1)31-20-24-34(25-21-31)44-48-45(35-26-22-32(23-27-35)30-14-6-2-7-15-30)50-46(49-44)38-28-37-40(43-42(38)51-53-52-43)36-18-10-11-19-39(36)47-41(37)33-16-8-3-9-17-33/h1-28H. The first-order valence-electron chi connectivity index (χ1n) is 17.4. The van der Waals surface area contributed by atoms with Crippen LogP contribution in [0.25, 0.3) is 100 Å². The van der Waals surface area contributed by atoms with Crippen LogP contribution in [0.1, 0.15) is 0 Å². The van der Waals surface area contributed by atoms with E-state index in [0.717, 1.165) is 82.9 Å². The summed E-state index contributed by atoms with van der Waals surface area (Å²) < 4.78 is 9.75. The molecule has 0 unspecified atom stereocenters. The minimum Gasteiger partial charge on any atom is -0.247 e. The van der Waals surface area contributed by atoms with Crippen LogP contribution in [0.2, 0.25) is 0 Å². The Bertz CT molecular complexity index is 2810. The van der Waals surface area contributed by atoms with Crippen LogP contribution in [0.5, 0.6) is 0 Å². The van der Waals surface area contributed by atoms with E-state index < -0.39 is 0 Å². The van der Waals surface area contributed by atoms with Gasteiger partial charge in [-0.1, -0.05) is 158 Å². The number of benzene rings is 7. The molecule has 0 saturated heterocycles. The lowest BCUT2D eigenvalue weighted by molar-refractivity contribution is 1.08. The molecular formula is C46H28N6S. The van der Waals surface area contributed by atoms with Gasteiger partial charge in [-0.05, 0) is 34.4 Å². The number of rotatable bonds is 6. The van der Waals surface area contributed by atoms with Crippen molar-refractivity contribution in [3.8, 4) is 67.7 Å². The molecule has 0 radical (unpaired) electrons. The molecule has 53 heavy (non-hydrogen) atoms. The summed E-state index contributed by atoms with van der Waals surface area (Å²) in [6, 6.07) is 58.1. The number of aromatic nitrogens is 6. The molecule has 0 N–H and O–H groups in total. The average Bonchev–Trinajstić information content (AvgIpc) is 3.74. The minimum absolute atomic E-state index is 0.524. The molecule has 0 amide bonds. The van der Waals surface area contributed by atoms with Gasteiger partial charge in [0.1, 0.15) is 11.0 Å². The summed E-state index contributed by atoms with van der Waals surface area (Å²) in [6.45, 7) is 0. The highest BCUT2D eigenvalue weighted by atomic mass is 32.1. The molecule has 0 atom stereocenters. The van der Waals surface area contributed by atoms with Crippen LogP contribution in [-0.4, -0.2) is 28.7 Å². The van der Waals surface area contributed by atoms with Gasteiger partial charge in [0, 0.05) is 38.4 Å². The van der Waals surface area contributed by atoms with Gasteiger partial charge in [0.05, 0.1) is 22.9 Å². The number of fused-ring (bicyclic) bond motifs is 5. The molecule has 3 heterocycles. The number of hydrogen-bond donors (Lipinski definition) is 0. The number of para-hydroxylation sites is 1. The van der Waals surface area contributed by atoms with E-state index in [4.69, 9.17) is 28.7 Å². The molecule has 0 saturated carbocycles. The molecule has 248 valence electrons. The SMILES string of the molecule is c1ccc(-c2ccc(-c3nc(-c4ccc(-c5ccccc5)cc4)nc(-c4cc5c(-c6ccccc6)nc6ccccc6c5c5nsnc45)n3)cc2)cc1. The zero-order chi connectivity index (χ0) is 35.1. The van der Waals surface area contributed by atoms with E-state index in [9.17, 15) is 0 Å². The molecule has 0 fully saturated rings. The maximum atomic E-state index is 5.20. The Morgan fingerprint density at radius 2 is 0.792 bits per heavy atom. The summed E-state index contributed by atoms with van der Waals surface area (Å²) in [5.74, 6) is 1.68. The molecule has 3 aromatic heterocycles. The van der Waals surface area contributed by atoms with Gasteiger partial charge >= 0.3 is 0 Å². The summed E-state index contributed by atoms with van der Waals surface area (Å²) in [7, 11) is 0. The van der Waals surface area contributed by atoms with Crippen molar-refractivity contribution in [1.82, 2.24) is 28.7 Å². The highest BCUT2D eigenvalue weighted by Gasteiger charge is 2.22. The fourth-order valence-corrected chi connectivity index (χ4v) is 7.56. The largest absolute Gasteiger partial charge is 0.247 e. The van der Waals surface area contributed by atoms with Gasteiger partial charge in [0.2, 0.25) is 0 Å². The molecule has 6 nitrogen and oxygen atoms in total. The van der Waals surface area contributed by atoms with E-state index in [1.54, 1.807) is 0 Å². The summed E-state index contributed by atoms with van der Waals surface area (Å²) in [6.07, 6.45) is 0. The lowest BCUT2D eigenvalue weighted by Crippen LogP contribution is -2.01. The van der Waals surface area contributed by atoms with Gasteiger partial charge in [-0.25, -0.2) is 19.9 Å². The molecule has 0 aliphatic rings. The van der Waals surface area contributed by atoms with Gasteiger partial charge in [0.25, 0.3) is 0 Å². The molecular weight excluding hydrogens is 669 g/mol. The van der Waals surface area contributed by atoms with Crippen molar-refractivity contribution in [2.24, 2.45) is 0 Å². The molecule has 0 aliphatic carbocycles. The smallest absolute Gasteiger partial charge is 0.166 e. The normalized spacial score (nSPS) is 11.4. The molecule has 0 bridgehead atoms. The maximum Gasteiger partial charge on any atom is 0.166 e. The number of nitrogens with zero attached hydrogens (tertiary/aromatic N) is 6. The van der Waals surface area contributed by atoms with Crippen LogP contribution in [0.4, 0.5) is 0 Å². The Hall–Kier alpha value is -6.96. The quantitative estimate of drug-likeness (QED) is 0.161. The van der Waals surface area contributed by atoms with E-state index in [1.807, 2.05) is 42.5 Å². The Balaban J connectivity index is 1.20.